The molecule has 0 aromatic rings. The minimum Gasteiger partial charge on any atom is -0.393 e. The van der Waals surface area contributed by atoms with E-state index in [2.05, 4.69) is 25.6 Å². The van der Waals surface area contributed by atoms with E-state index in [1.54, 1.807) is 0 Å². The van der Waals surface area contributed by atoms with Crippen molar-refractivity contribution in [2.24, 2.45) is 34.5 Å². The monoisotopic (exact) mass is 316 g/mol. The molecule has 0 aromatic carbocycles. The number of rotatable bonds is 0. The van der Waals surface area contributed by atoms with Gasteiger partial charge in [-0.15, -0.1) is 0 Å². The van der Waals surface area contributed by atoms with E-state index >= 15 is 0 Å². The van der Waals surface area contributed by atoms with Crippen LogP contribution in [0.4, 0.5) is 0 Å². The Bertz CT molecular complexity index is 538. The fraction of sp³-hybridized carbons (Fsp3) is 0.952. The lowest BCUT2D eigenvalue weighted by Crippen LogP contribution is -2.60. The first-order valence-electron chi connectivity index (χ1n) is 9.97. The first kappa shape index (κ1) is 15.9. The van der Waals surface area contributed by atoms with Crippen LogP contribution in [-0.4, -0.2) is 16.7 Å². The Hall–Kier alpha value is -0.550. The normalized spacial score (nSPS) is 58.7. The van der Waals surface area contributed by atoms with Crippen LogP contribution in [0.1, 0.15) is 78.6 Å². The summed E-state index contributed by atoms with van der Waals surface area (Å²) in [6.45, 7) is 13.6. The number of hydrogen-bond acceptors (Lipinski definition) is 1. The van der Waals surface area contributed by atoms with E-state index in [1.165, 1.54) is 44.9 Å². The Kier molecular flexibility index (Phi) is 3.45. The molecular weight excluding hydrogens is 282 g/mol. The van der Waals surface area contributed by atoms with Crippen molar-refractivity contribution in [2.75, 3.05) is 0 Å². The van der Waals surface area contributed by atoms with E-state index in [0.29, 0.717) is 22.7 Å². The Morgan fingerprint density at radius 3 is 2.48 bits per heavy atom. The highest BCUT2D eigenvalue weighted by Gasteiger charge is 2.73. The molecule has 8 atom stereocenters. The van der Waals surface area contributed by atoms with Crippen LogP contribution in [0, 0.1) is 41.1 Å². The quantitative estimate of drug-likeness (QED) is 0.660. The Morgan fingerprint density at radius 2 is 1.74 bits per heavy atom. The predicted octanol–water partition coefficient (Wildman–Crippen LogP) is 5.11. The summed E-state index contributed by atoms with van der Waals surface area (Å²) in [4.78, 5) is 4.68. The van der Waals surface area contributed by atoms with E-state index in [-0.39, 0.29) is 11.6 Å². The summed E-state index contributed by atoms with van der Waals surface area (Å²) in [5.41, 5.74) is 0.743. The molecule has 2 heteroatoms. The maximum Gasteiger partial charge on any atom is 0.289 e. The molecule has 4 saturated carbocycles. The van der Waals surface area contributed by atoms with Crippen molar-refractivity contribution in [1.29, 1.82) is 0 Å². The summed E-state index contributed by atoms with van der Waals surface area (Å²) < 4.78 is 0. The van der Waals surface area contributed by atoms with Gasteiger partial charge >= 0.3 is 0 Å². The molecule has 2 nitrogen and oxygen atoms in total. The van der Waals surface area contributed by atoms with Crippen LogP contribution in [-0.2, 0) is 0 Å². The fourth-order valence-electron chi connectivity index (χ4n) is 7.78. The first-order chi connectivity index (χ1) is 10.9. The molecule has 0 heterocycles. The van der Waals surface area contributed by atoms with Crippen LogP contribution >= 0.6 is 0 Å². The Balaban J connectivity index is 1.72. The topological polar surface area (TPSA) is 24.6 Å². The fourth-order valence-corrected chi connectivity index (χ4v) is 7.78. The standard InChI is InChI=1S/C21H34NO/c1-14-7-12-21(22-4)18-6-5-15-13-16(23)8-10-19(15,2)17(18)9-11-20(14,21)3/h4,14-18,23H,5-13H2,1-3H3/q+1/t14-,15?,16-,17-,18-,19-,20+,21+/m0/s1. The van der Waals surface area contributed by atoms with Crippen molar-refractivity contribution in [1.82, 2.24) is 0 Å². The van der Waals surface area contributed by atoms with Crippen molar-refractivity contribution in [3.63, 3.8) is 0 Å². The molecular formula is C21H34NO+. The minimum atomic E-state index is -0.0573. The van der Waals surface area contributed by atoms with Crippen molar-refractivity contribution in [2.45, 2.75) is 90.2 Å². The van der Waals surface area contributed by atoms with Crippen molar-refractivity contribution >= 4 is 0 Å². The van der Waals surface area contributed by atoms with Gasteiger partial charge in [0.2, 0.25) is 0 Å². The molecule has 4 aliphatic rings. The Morgan fingerprint density at radius 1 is 0.957 bits per heavy atom. The second-order valence-electron chi connectivity index (χ2n) is 9.87. The van der Waals surface area contributed by atoms with E-state index in [1.807, 2.05) is 0 Å². The van der Waals surface area contributed by atoms with Gasteiger partial charge in [0.05, 0.1) is 11.5 Å². The molecule has 4 aliphatic carbocycles. The zero-order valence-electron chi connectivity index (χ0n) is 15.2. The molecule has 0 spiro atoms. The molecule has 0 aromatic heterocycles. The zero-order valence-corrected chi connectivity index (χ0v) is 15.2. The smallest absolute Gasteiger partial charge is 0.289 e. The van der Waals surface area contributed by atoms with E-state index in [4.69, 9.17) is 6.57 Å². The SMILES string of the molecule is C#[N+][C@@]12CC[C@H](C)[C@@]1(C)CC[C@H]1[C@@H]2CCC2C[C@@H](O)CC[C@@]21C. The third kappa shape index (κ3) is 1.84. The summed E-state index contributed by atoms with van der Waals surface area (Å²) in [6, 6.07) is 0. The highest BCUT2D eigenvalue weighted by atomic mass is 16.3. The summed E-state index contributed by atoms with van der Waals surface area (Å²) in [7, 11) is 0. The van der Waals surface area contributed by atoms with Gasteiger partial charge in [0, 0.05) is 12.3 Å². The molecule has 0 bridgehead atoms. The maximum absolute atomic E-state index is 10.1. The van der Waals surface area contributed by atoms with Gasteiger partial charge in [0.25, 0.3) is 12.1 Å². The van der Waals surface area contributed by atoms with Gasteiger partial charge in [0.15, 0.2) is 0 Å². The van der Waals surface area contributed by atoms with Gasteiger partial charge in [-0.2, -0.15) is 0 Å². The largest absolute Gasteiger partial charge is 0.393 e. The van der Waals surface area contributed by atoms with Gasteiger partial charge < -0.3 is 5.11 Å². The second-order valence-corrected chi connectivity index (χ2v) is 9.87. The third-order valence-corrected chi connectivity index (χ3v) is 9.52. The highest BCUT2D eigenvalue weighted by Crippen LogP contribution is 2.70. The molecule has 128 valence electrons. The van der Waals surface area contributed by atoms with E-state index in [9.17, 15) is 5.11 Å². The van der Waals surface area contributed by atoms with Gasteiger partial charge in [-0.3, -0.25) is 0 Å². The number of nitrogens with zero attached hydrogens (tertiary/aromatic N) is 1. The molecule has 23 heavy (non-hydrogen) atoms. The van der Waals surface area contributed by atoms with Crippen molar-refractivity contribution < 1.29 is 5.11 Å². The molecule has 0 amide bonds. The van der Waals surface area contributed by atoms with Crippen LogP contribution in [0.5, 0.6) is 0 Å². The number of aliphatic hydroxyl groups is 1. The minimum absolute atomic E-state index is 0.0272. The highest BCUT2D eigenvalue weighted by molar-refractivity contribution is 5.25. The molecule has 4 fully saturated rings. The number of hydrogen-bond donors (Lipinski definition) is 1. The predicted molar refractivity (Wildman–Crippen MR) is 94.4 cm³/mol. The average molecular weight is 317 g/mol. The molecule has 0 aliphatic heterocycles. The molecule has 0 saturated heterocycles. The number of fused-ring (bicyclic) bond motifs is 5. The summed E-state index contributed by atoms with van der Waals surface area (Å²) in [5, 5.41) is 10.1. The van der Waals surface area contributed by atoms with Crippen LogP contribution < -0.4 is 0 Å². The lowest BCUT2D eigenvalue weighted by atomic mass is 9.42. The van der Waals surface area contributed by atoms with Gasteiger partial charge in [-0.05, 0) is 74.5 Å². The van der Waals surface area contributed by atoms with Crippen molar-refractivity contribution in [3.05, 3.63) is 4.85 Å². The molecule has 1 N–H and O–H groups in total. The van der Waals surface area contributed by atoms with Crippen molar-refractivity contribution in [3.8, 4) is 6.57 Å². The summed E-state index contributed by atoms with van der Waals surface area (Å²) in [5.74, 6) is 2.90. The molecule has 0 radical (unpaired) electrons. The van der Waals surface area contributed by atoms with E-state index < -0.39 is 0 Å². The van der Waals surface area contributed by atoms with Gasteiger partial charge in [-0.25, -0.2) is 0 Å². The summed E-state index contributed by atoms with van der Waals surface area (Å²) >= 11 is 0. The lowest BCUT2D eigenvalue weighted by Gasteiger charge is -2.60. The van der Waals surface area contributed by atoms with Crippen LogP contribution in [0.2, 0.25) is 0 Å². The zero-order chi connectivity index (χ0) is 16.5. The molecule has 1 unspecified atom stereocenters. The van der Waals surface area contributed by atoms with E-state index in [0.717, 1.165) is 24.7 Å². The van der Waals surface area contributed by atoms with Gasteiger partial charge in [-0.1, -0.05) is 25.6 Å². The molecule has 4 rings (SSSR count). The first-order valence-corrected chi connectivity index (χ1v) is 9.97. The van der Waals surface area contributed by atoms with Gasteiger partial charge in [0.1, 0.15) is 0 Å². The number of aliphatic hydroxyl groups excluding tert-OH is 1. The second kappa shape index (κ2) is 4.98. The van der Waals surface area contributed by atoms with Crippen LogP contribution in [0.15, 0.2) is 0 Å². The lowest BCUT2D eigenvalue weighted by molar-refractivity contribution is -0.125. The third-order valence-electron chi connectivity index (χ3n) is 9.52. The Labute approximate surface area is 141 Å². The average Bonchev–Trinajstić information content (AvgIpc) is 2.80. The van der Waals surface area contributed by atoms with Crippen LogP contribution in [0.25, 0.3) is 4.85 Å². The summed E-state index contributed by atoms with van der Waals surface area (Å²) in [6.07, 6.45) is 10.9. The maximum atomic E-state index is 10.1. The van der Waals surface area contributed by atoms with Crippen LogP contribution in [0.3, 0.4) is 0 Å².